The molecule has 1 unspecified atom stereocenters. The van der Waals surface area contributed by atoms with Crippen LogP contribution in [-0.2, 0) is 4.79 Å². The molecule has 2 aliphatic rings. The minimum Gasteiger partial charge on any atom is -0.352 e. The van der Waals surface area contributed by atoms with Crippen molar-refractivity contribution in [1.29, 1.82) is 0 Å². The van der Waals surface area contributed by atoms with Gasteiger partial charge in [0.1, 0.15) is 6.04 Å². The summed E-state index contributed by atoms with van der Waals surface area (Å²) in [6.07, 6.45) is 0. The highest BCUT2D eigenvalue weighted by Crippen LogP contribution is 2.29. The minimum absolute atomic E-state index is 0.189. The molecule has 34 heavy (non-hydrogen) atoms. The van der Waals surface area contributed by atoms with Gasteiger partial charge in [-0.15, -0.1) is 0 Å². The highest BCUT2D eigenvalue weighted by molar-refractivity contribution is 6.22. The number of anilines is 1. The van der Waals surface area contributed by atoms with Gasteiger partial charge in [0.15, 0.2) is 5.82 Å². The molecule has 0 aliphatic carbocycles. The number of imide groups is 1. The molecular weight excluding hydrogens is 430 g/mol. The fourth-order valence-corrected chi connectivity index (χ4v) is 4.86. The van der Waals surface area contributed by atoms with E-state index in [0.29, 0.717) is 37.3 Å². The number of piperazine rings is 1. The average Bonchev–Trinajstić information content (AvgIpc) is 3.09. The Kier molecular flexibility index (Phi) is 5.51. The SMILES string of the molecule is Cc1nc2ccccc2nc1N1CCN(C(=O)C(C(C)C)N2C(=O)c3ccccc3C2=O)CC1. The Morgan fingerprint density at radius 1 is 0.824 bits per heavy atom. The monoisotopic (exact) mass is 457 g/mol. The average molecular weight is 458 g/mol. The summed E-state index contributed by atoms with van der Waals surface area (Å²) >= 11 is 0. The van der Waals surface area contributed by atoms with Gasteiger partial charge in [-0.2, -0.15) is 0 Å². The Labute approximate surface area is 198 Å². The molecule has 0 saturated carbocycles. The fourth-order valence-electron chi connectivity index (χ4n) is 4.86. The van der Waals surface area contributed by atoms with Gasteiger partial charge >= 0.3 is 0 Å². The van der Waals surface area contributed by atoms with E-state index in [-0.39, 0.29) is 11.8 Å². The second-order valence-electron chi connectivity index (χ2n) is 9.15. The molecular formula is C26H27N5O3. The molecule has 0 spiro atoms. The summed E-state index contributed by atoms with van der Waals surface area (Å²) in [5, 5.41) is 0. The summed E-state index contributed by atoms with van der Waals surface area (Å²) in [6, 6.07) is 13.7. The van der Waals surface area contributed by atoms with Crippen molar-refractivity contribution in [3.8, 4) is 0 Å². The highest BCUT2D eigenvalue weighted by atomic mass is 16.2. The summed E-state index contributed by atoms with van der Waals surface area (Å²) in [7, 11) is 0. The third kappa shape index (κ3) is 3.59. The van der Waals surface area contributed by atoms with Crippen LogP contribution in [0.2, 0.25) is 0 Å². The molecule has 1 fully saturated rings. The first-order valence-electron chi connectivity index (χ1n) is 11.6. The number of amides is 3. The van der Waals surface area contributed by atoms with Gasteiger partial charge in [0.05, 0.1) is 27.9 Å². The summed E-state index contributed by atoms with van der Waals surface area (Å²) in [5.74, 6) is -0.361. The number of carbonyl (C=O) groups excluding carboxylic acids is 3. The van der Waals surface area contributed by atoms with Crippen molar-refractivity contribution in [1.82, 2.24) is 19.8 Å². The second kappa shape index (κ2) is 8.52. The molecule has 1 aromatic heterocycles. The van der Waals surface area contributed by atoms with Gasteiger partial charge in [-0.3, -0.25) is 19.3 Å². The molecule has 2 aliphatic heterocycles. The van der Waals surface area contributed by atoms with E-state index in [2.05, 4.69) is 9.88 Å². The van der Waals surface area contributed by atoms with Crippen molar-refractivity contribution < 1.29 is 14.4 Å². The van der Waals surface area contributed by atoms with Crippen LogP contribution in [0.1, 0.15) is 40.3 Å². The zero-order valence-electron chi connectivity index (χ0n) is 19.6. The Balaban J connectivity index is 1.33. The molecule has 0 bridgehead atoms. The van der Waals surface area contributed by atoms with Gasteiger partial charge in [-0.25, -0.2) is 9.97 Å². The van der Waals surface area contributed by atoms with Crippen LogP contribution in [0, 0.1) is 12.8 Å². The van der Waals surface area contributed by atoms with E-state index in [9.17, 15) is 14.4 Å². The summed E-state index contributed by atoms with van der Waals surface area (Å²) in [4.78, 5) is 54.2. The maximum Gasteiger partial charge on any atom is 0.262 e. The van der Waals surface area contributed by atoms with Crippen molar-refractivity contribution in [3.05, 3.63) is 65.4 Å². The number of hydrogen-bond donors (Lipinski definition) is 0. The molecule has 0 radical (unpaired) electrons. The molecule has 1 atom stereocenters. The Hall–Kier alpha value is -3.81. The summed E-state index contributed by atoms with van der Waals surface area (Å²) in [5.41, 5.74) is 3.28. The highest BCUT2D eigenvalue weighted by Gasteiger charge is 2.45. The predicted octanol–water partition coefficient (Wildman–Crippen LogP) is 2.91. The van der Waals surface area contributed by atoms with Gasteiger partial charge in [-0.05, 0) is 37.1 Å². The van der Waals surface area contributed by atoms with Crippen LogP contribution >= 0.6 is 0 Å². The lowest BCUT2D eigenvalue weighted by Crippen LogP contribution is -2.57. The zero-order chi connectivity index (χ0) is 24.0. The van der Waals surface area contributed by atoms with Crippen LogP contribution in [0.15, 0.2) is 48.5 Å². The van der Waals surface area contributed by atoms with Gasteiger partial charge in [-0.1, -0.05) is 38.1 Å². The lowest BCUT2D eigenvalue weighted by Gasteiger charge is -2.39. The third-order valence-corrected chi connectivity index (χ3v) is 6.60. The number of aryl methyl sites for hydroxylation is 1. The van der Waals surface area contributed by atoms with Crippen LogP contribution in [0.3, 0.4) is 0 Å². The van der Waals surface area contributed by atoms with E-state index < -0.39 is 17.9 Å². The first-order chi connectivity index (χ1) is 16.4. The van der Waals surface area contributed by atoms with Gasteiger partial charge in [0.25, 0.3) is 11.8 Å². The van der Waals surface area contributed by atoms with Crippen molar-refractivity contribution in [2.24, 2.45) is 5.92 Å². The standard InChI is InChI=1S/C26H27N5O3/c1-16(2)22(31-24(32)18-8-4-5-9-19(18)25(31)33)26(34)30-14-12-29(13-15-30)23-17(3)27-20-10-6-7-11-21(20)28-23/h4-11,16,22H,12-15H2,1-3H3. The number of rotatable bonds is 4. The van der Waals surface area contributed by atoms with Crippen molar-refractivity contribution in [2.75, 3.05) is 31.1 Å². The minimum atomic E-state index is -0.832. The predicted molar refractivity (Wildman–Crippen MR) is 129 cm³/mol. The quantitative estimate of drug-likeness (QED) is 0.560. The number of benzene rings is 2. The molecule has 0 N–H and O–H groups in total. The summed E-state index contributed by atoms with van der Waals surface area (Å²) < 4.78 is 0. The third-order valence-electron chi connectivity index (χ3n) is 6.60. The normalized spacial score (nSPS) is 17.0. The van der Waals surface area contributed by atoms with Gasteiger partial charge in [0, 0.05) is 26.2 Å². The van der Waals surface area contributed by atoms with Crippen LogP contribution in [0.25, 0.3) is 11.0 Å². The van der Waals surface area contributed by atoms with Crippen LogP contribution in [0.4, 0.5) is 5.82 Å². The Morgan fingerprint density at radius 2 is 1.35 bits per heavy atom. The maximum absolute atomic E-state index is 13.6. The molecule has 3 aromatic rings. The first kappa shape index (κ1) is 22.0. The topological polar surface area (TPSA) is 86.7 Å². The van der Waals surface area contributed by atoms with Crippen molar-refractivity contribution >= 4 is 34.6 Å². The van der Waals surface area contributed by atoms with E-state index in [0.717, 1.165) is 27.4 Å². The molecule has 8 heteroatoms. The second-order valence-corrected chi connectivity index (χ2v) is 9.15. The lowest BCUT2D eigenvalue weighted by atomic mass is 10.0. The molecule has 8 nitrogen and oxygen atoms in total. The largest absolute Gasteiger partial charge is 0.352 e. The van der Waals surface area contributed by atoms with Crippen molar-refractivity contribution in [2.45, 2.75) is 26.8 Å². The zero-order valence-corrected chi connectivity index (χ0v) is 19.6. The molecule has 3 heterocycles. The molecule has 1 saturated heterocycles. The number of fused-ring (bicyclic) bond motifs is 2. The molecule has 2 aromatic carbocycles. The number of carbonyl (C=O) groups is 3. The summed E-state index contributed by atoms with van der Waals surface area (Å²) in [6.45, 7) is 7.87. The maximum atomic E-state index is 13.6. The van der Waals surface area contributed by atoms with Gasteiger partial charge < -0.3 is 9.80 Å². The Bertz CT molecular complexity index is 1260. The van der Waals surface area contributed by atoms with E-state index in [4.69, 9.17) is 4.98 Å². The first-order valence-corrected chi connectivity index (χ1v) is 11.6. The number of para-hydroxylation sites is 2. The van der Waals surface area contributed by atoms with Crippen LogP contribution < -0.4 is 4.90 Å². The number of aromatic nitrogens is 2. The Morgan fingerprint density at radius 3 is 1.91 bits per heavy atom. The van der Waals surface area contributed by atoms with E-state index in [1.54, 1.807) is 29.2 Å². The smallest absolute Gasteiger partial charge is 0.262 e. The molecule has 174 valence electrons. The van der Waals surface area contributed by atoms with Gasteiger partial charge in [0.2, 0.25) is 5.91 Å². The van der Waals surface area contributed by atoms with E-state index >= 15 is 0 Å². The van der Waals surface area contributed by atoms with E-state index in [1.807, 2.05) is 45.0 Å². The number of nitrogens with zero attached hydrogens (tertiary/aromatic N) is 5. The van der Waals surface area contributed by atoms with E-state index in [1.165, 1.54) is 0 Å². The van der Waals surface area contributed by atoms with Crippen LogP contribution in [0.5, 0.6) is 0 Å². The molecule has 5 rings (SSSR count). The van der Waals surface area contributed by atoms with Crippen molar-refractivity contribution in [3.63, 3.8) is 0 Å². The fraction of sp³-hybridized carbons (Fsp3) is 0.346. The molecule has 3 amide bonds. The number of hydrogen-bond acceptors (Lipinski definition) is 6. The lowest BCUT2D eigenvalue weighted by molar-refractivity contribution is -0.137. The van der Waals surface area contributed by atoms with Crippen LogP contribution in [-0.4, -0.2) is 69.7 Å².